The van der Waals surface area contributed by atoms with Crippen LogP contribution in [0.4, 0.5) is 5.82 Å². The standard InChI is InChI=1S/C21H19ClN4O2.2H2/c1-27-18-7-6-13(8-19(18)28-2)10-23-20-5-3-4-17(26-20)16-12-25-21-15(16)9-14(22)11-24-21;;/h3-9,11-12H,10H2,1-2H3,(H,23,26)(H,24,25);2*1H. The molecule has 0 aliphatic heterocycles. The van der Waals surface area contributed by atoms with Crippen molar-refractivity contribution in [2.45, 2.75) is 6.54 Å². The third kappa shape index (κ3) is 3.59. The Morgan fingerprint density at radius 2 is 1.96 bits per heavy atom. The summed E-state index contributed by atoms with van der Waals surface area (Å²) in [5.41, 5.74) is 3.64. The summed E-state index contributed by atoms with van der Waals surface area (Å²) in [6, 6.07) is 13.6. The fourth-order valence-corrected chi connectivity index (χ4v) is 3.21. The van der Waals surface area contributed by atoms with Crippen LogP contribution in [0.1, 0.15) is 8.42 Å². The summed E-state index contributed by atoms with van der Waals surface area (Å²) in [5.74, 6) is 2.18. The molecular weight excluding hydrogens is 376 g/mol. The first-order chi connectivity index (χ1) is 13.7. The number of nitrogens with one attached hydrogen (secondary N) is 2. The molecule has 4 aromatic rings. The van der Waals surface area contributed by atoms with E-state index >= 15 is 0 Å². The molecule has 0 fully saturated rings. The van der Waals surface area contributed by atoms with Gasteiger partial charge in [0.05, 0.1) is 24.9 Å². The Kier molecular flexibility index (Phi) is 5.04. The number of ether oxygens (including phenoxy) is 2. The van der Waals surface area contributed by atoms with Crippen LogP contribution in [-0.2, 0) is 6.54 Å². The number of anilines is 1. The fourth-order valence-electron chi connectivity index (χ4n) is 3.06. The van der Waals surface area contributed by atoms with Gasteiger partial charge in [-0.05, 0) is 35.9 Å². The van der Waals surface area contributed by atoms with Gasteiger partial charge in [0.1, 0.15) is 11.5 Å². The molecule has 0 aliphatic rings. The minimum Gasteiger partial charge on any atom is -0.493 e. The second-order valence-corrected chi connectivity index (χ2v) is 6.64. The van der Waals surface area contributed by atoms with E-state index in [0.29, 0.717) is 23.1 Å². The number of aromatic nitrogens is 3. The number of halogens is 1. The number of methoxy groups -OCH3 is 2. The predicted octanol–water partition coefficient (Wildman–Crippen LogP) is 5.40. The number of nitrogens with zero attached hydrogens (tertiary/aromatic N) is 2. The minimum absolute atomic E-state index is 0. The Hall–Kier alpha value is -3.25. The summed E-state index contributed by atoms with van der Waals surface area (Å²) < 4.78 is 10.6. The zero-order chi connectivity index (χ0) is 19.5. The first-order valence-electron chi connectivity index (χ1n) is 8.73. The summed E-state index contributed by atoms with van der Waals surface area (Å²) in [6.45, 7) is 0.609. The summed E-state index contributed by atoms with van der Waals surface area (Å²) in [4.78, 5) is 12.2. The largest absolute Gasteiger partial charge is 0.493 e. The molecule has 0 saturated carbocycles. The van der Waals surface area contributed by atoms with Crippen LogP contribution in [0.5, 0.6) is 11.5 Å². The lowest BCUT2D eigenvalue weighted by molar-refractivity contribution is 0.354. The van der Waals surface area contributed by atoms with E-state index in [1.54, 1.807) is 20.4 Å². The molecule has 7 heteroatoms. The molecule has 0 radical (unpaired) electrons. The monoisotopic (exact) mass is 398 g/mol. The Bertz CT molecular complexity index is 1140. The van der Waals surface area contributed by atoms with Gasteiger partial charge in [-0.2, -0.15) is 0 Å². The summed E-state index contributed by atoms with van der Waals surface area (Å²) in [7, 11) is 3.25. The predicted molar refractivity (Wildman–Crippen MR) is 115 cm³/mol. The van der Waals surface area contributed by atoms with Crippen molar-refractivity contribution in [2.24, 2.45) is 0 Å². The molecule has 0 amide bonds. The molecule has 3 heterocycles. The first kappa shape index (κ1) is 18.1. The van der Waals surface area contributed by atoms with Gasteiger partial charge < -0.3 is 19.8 Å². The van der Waals surface area contributed by atoms with Crippen molar-refractivity contribution in [1.29, 1.82) is 0 Å². The van der Waals surface area contributed by atoms with Gasteiger partial charge in [-0.15, -0.1) is 0 Å². The van der Waals surface area contributed by atoms with Crippen LogP contribution < -0.4 is 14.8 Å². The Labute approximate surface area is 170 Å². The number of fused-ring (bicyclic) bond motifs is 1. The van der Waals surface area contributed by atoms with Crippen LogP contribution in [0.15, 0.2) is 54.9 Å². The minimum atomic E-state index is 0. The van der Waals surface area contributed by atoms with Gasteiger partial charge in [-0.1, -0.05) is 23.7 Å². The van der Waals surface area contributed by atoms with E-state index in [1.165, 1.54) is 0 Å². The topological polar surface area (TPSA) is 72.1 Å². The van der Waals surface area contributed by atoms with Crippen LogP contribution in [-0.4, -0.2) is 29.2 Å². The summed E-state index contributed by atoms with van der Waals surface area (Å²) in [5, 5.41) is 4.89. The van der Waals surface area contributed by atoms with Crippen molar-refractivity contribution in [3.05, 3.63) is 65.4 Å². The molecule has 4 rings (SSSR count). The van der Waals surface area contributed by atoms with E-state index in [2.05, 4.69) is 15.3 Å². The lowest BCUT2D eigenvalue weighted by Gasteiger charge is -2.11. The molecule has 0 aliphatic carbocycles. The second-order valence-electron chi connectivity index (χ2n) is 6.20. The molecule has 6 nitrogen and oxygen atoms in total. The molecule has 0 unspecified atom stereocenters. The van der Waals surface area contributed by atoms with Crippen LogP contribution >= 0.6 is 11.6 Å². The molecule has 1 aromatic carbocycles. The van der Waals surface area contributed by atoms with E-state index in [1.807, 2.05) is 48.7 Å². The van der Waals surface area contributed by atoms with Crippen LogP contribution in [0.25, 0.3) is 22.3 Å². The highest BCUT2D eigenvalue weighted by Crippen LogP contribution is 2.30. The van der Waals surface area contributed by atoms with E-state index in [0.717, 1.165) is 33.7 Å². The average molecular weight is 399 g/mol. The molecular formula is C21H23ClN4O2. The van der Waals surface area contributed by atoms with Gasteiger partial charge in [0.25, 0.3) is 0 Å². The zero-order valence-electron chi connectivity index (χ0n) is 15.5. The number of H-pyrrole nitrogens is 1. The van der Waals surface area contributed by atoms with Gasteiger partial charge >= 0.3 is 0 Å². The quantitative estimate of drug-likeness (QED) is 0.455. The maximum Gasteiger partial charge on any atom is 0.161 e. The second kappa shape index (κ2) is 7.78. The molecule has 2 N–H and O–H groups in total. The Morgan fingerprint density at radius 3 is 2.79 bits per heavy atom. The normalized spacial score (nSPS) is 10.8. The number of hydrogen-bond acceptors (Lipinski definition) is 5. The summed E-state index contributed by atoms with van der Waals surface area (Å²) in [6.07, 6.45) is 3.52. The van der Waals surface area contributed by atoms with Gasteiger partial charge in [-0.25, -0.2) is 9.97 Å². The van der Waals surface area contributed by atoms with E-state index < -0.39 is 0 Å². The molecule has 28 heavy (non-hydrogen) atoms. The smallest absolute Gasteiger partial charge is 0.161 e. The Balaban J connectivity index is 0.00000160. The third-order valence-corrected chi connectivity index (χ3v) is 4.65. The lowest BCUT2D eigenvalue weighted by atomic mass is 10.1. The van der Waals surface area contributed by atoms with Gasteiger partial charge in [0, 0.05) is 32.7 Å². The summed E-state index contributed by atoms with van der Waals surface area (Å²) >= 11 is 6.10. The maximum absolute atomic E-state index is 6.10. The van der Waals surface area contributed by atoms with Crippen molar-refractivity contribution in [3.63, 3.8) is 0 Å². The van der Waals surface area contributed by atoms with Crippen LogP contribution in [0.3, 0.4) is 0 Å². The SMILES string of the molecule is COc1ccc(CNc2cccc(-c3c[nH]c4ncc(Cl)cc34)n2)cc1OC.[HH].[HH]. The van der Waals surface area contributed by atoms with E-state index in [9.17, 15) is 0 Å². The third-order valence-electron chi connectivity index (χ3n) is 4.44. The molecule has 0 bridgehead atoms. The maximum atomic E-state index is 6.10. The highest BCUT2D eigenvalue weighted by Gasteiger charge is 2.10. The van der Waals surface area contributed by atoms with Crippen molar-refractivity contribution in [1.82, 2.24) is 15.0 Å². The van der Waals surface area contributed by atoms with Crippen LogP contribution in [0, 0.1) is 0 Å². The van der Waals surface area contributed by atoms with Crippen molar-refractivity contribution >= 4 is 28.5 Å². The number of benzene rings is 1. The molecule has 0 saturated heterocycles. The van der Waals surface area contributed by atoms with Crippen molar-refractivity contribution in [2.75, 3.05) is 19.5 Å². The number of rotatable bonds is 6. The fraction of sp³-hybridized carbons (Fsp3) is 0.143. The van der Waals surface area contributed by atoms with Gasteiger partial charge in [0.15, 0.2) is 11.5 Å². The first-order valence-corrected chi connectivity index (χ1v) is 9.10. The highest BCUT2D eigenvalue weighted by atomic mass is 35.5. The van der Waals surface area contributed by atoms with Gasteiger partial charge in [-0.3, -0.25) is 0 Å². The number of pyridine rings is 2. The van der Waals surface area contributed by atoms with Gasteiger partial charge in [0.2, 0.25) is 0 Å². The van der Waals surface area contributed by atoms with E-state index in [-0.39, 0.29) is 2.85 Å². The van der Waals surface area contributed by atoms with Crippen LogP contribution in [0.2, 0.25) is 5.02 Å². The molecule has 146 valence electrons. The van der Waals surface area contributed by atoms with Crippen molar-refractivity contribution < 1.29 is 12.3 Å². The molecule has 0 spiro atoms. The van der Waals surface area contributed by atoms with Crippen molar-refractivity contribution in [3.8, 4) is 22.8 Å². The average Bonchev–Trinajstić information content (AvgIpc) is 3.15. The number of aromatic amines is 1. The number of hydrogen-bond donors (Lipinski definition) is 2. The highest BCUT2D eigenvalue weighted by molar-refractivity contribution is 6.31. The van der Waals surface area contributed by atoms with E-state index in [4.69, 9.17) is 26.1 Å². The Morgan fingerprint density at radius 1 is 1.11 bits per heavy atom. The molecule has 3 aromatic heterocycles. The lowest BCUT2D eigenvalue weighted by Crippen LogP contribution is -2.02. The zero-order valence-corrected chi connectivity index (χ0v) is 16.2. The molecule has 0 atom stereocenters.